The molecule has 5 aliphatic rings. The van der Waals surface area contributed by atoms with Crippen LogP contribution in [0, 0.1) is 23.2 Å². The average molecular weight is 494 g/mol. The highest BCUT2D eigenvalue weighted by atomic mass is 16.2. The molecule has 1 saturated heterocycles. The third kappa shape index (κ3) is 5.17. The Hall–Kier alpha value is -2.05. The summed E-state index contributed by atoms with van der Waals surface area (Å²) in [6.07, 6.45) is 11.0. The van der Waals surface area contributed by atoms with Gasteiger partial charge in [0.2, 0.25) is 11.8 Å². The van der Waals surface area contributed by atoms with Crippen LogP contribution >= 0.6 is 0 Å². The van der Waals surface area contributed by atoms with Crippen LogP contribution in [0.1, 0.15) is 83.1 Å². The first-order chi connectivity index (χ1) is 17.4. The normalized spacial score (nSPS) is 31.9. The quantitative estimate of drug-likeness (QED) is 0.525. The molecular formula is C30H43N3O3. The maximum absolute atomic E-state index is 13.9. The predicted octanol–water partition coefficient (Wildman–Crippen LogP) is 4.31. The molecule has 1 aromatic rings. The van der Waals surface area contributed by atoms with E-state index in [2.05, 4.69) is 11.8 Å². The van der Waals surface area contributed by atoms with Crippen molar-refractivity contribution in [3.8, 4) is 0 Å². The van der Waals surface area contributed by atoms with Gasteiger partial charge in [-0.15, -0.1) is 0 Å². The second kappa shape index (κ2) is 10.7. The highest BCUT2D eigenvalue weighted by Gasteiger charge is 2.54. The predicted molar refractivity (Wildman–Crippen MR) is 140 cm³/mol. The van der Waals surface area contributed by atoms with Crippen molar-refractivity contribution < 1.29 is 14.4 Å². The van der Waals surface area contributed by atoms with Crippen molar-refractivity contribution in [1.29, 1.82) is 0 Å². The molecule has 6 nitrogen and oxygen atoms in total. The van der Waals surface area contributed by atoms with Gasteiger partial charge in [0.15, 0.2) is 5.78 Å². The number of carbonyl (C=O) groups is 3. The molecule has 6 rings (SSSR count). The Kier molecular flexibility index (Phi) is 7.64. The van der Waals surface area contributed by atoms with Gasteiger partial charge in [0.05, 0.1) is 25.2 Å². The Labute approximate surface area is 216 Å². The fourth-order valence-electron chi connectivity index (χ4n) is 8.06. The molecule has 4 saturated carbocycles. The van der Waals surface area contributed by atoms with Crippen molar-refractivity contribution >= 4 is 17.6 Å². The number of ketones is 1. The molecule has 1 aliphatic heterocycles. The standard InChI is InChI=1S/C30H43N3O3/c1-2-3-10-25(31)28(35)33(19-21-8-5-4-6-9-21)29(36)26-11-7-12-32(26)20-27(34)30-16-22-13-23(17-30)15-24(14-22)18-30/h4-6,8-9,22-26H,2-3,7,10-20,31H2,1H3/t22?,23?,24?,25-,26-,30?/m0/s1. The van der Waals surface area contributed by atoms with Gasteiger partial charge >= 0.3 is 0 Å². The Morgan fingerprint density at radius 3 is 2.31 bits per heavy atom. The minimum atomic E-state index is -0.680. The number of unbranched alkanes of at least 4 members (excludes halogenated alkanes) is 1. The Morgan fingerprint density at radius 2 is 1.69 bits per heavy atom. The van der Waals surface area contributed by atoms with Gasteiger partial charge in [-0.3, -0.25) is 24.2 Å². The maximum Gasteiger partial charge on any atom is 0.246 e. The van der Waals surface area contributed by atoms with E-state index in [1.165, 1.54) is 24.2 Å². The molecule has 2 atom stereocenters. The fourth-order valence-corrected chi connectivity index (χ4v) is 8.06. The van der Waals surface area contributed by atoms with Crippen molar-refractivity contribution in [1.82, 2.24) is 9.80 Å². The topological polar surface area (TPSA) is 83.7 Å². The number of nitrogens with zero attached hydrogens (tertiary/aromatic N) is 2. The van der Waals surface area contributed by atoms with Crippen LogP contribution < -0.4 is 5.73 Å². The van der Waals surface area contributed by atoms with E-state index in [0.717, 1.165) is 68.4 Å². The second-order valence-corrected chi connectivity index (χ2v) is 12.2. The lowest BCUT2D eigenvalue weighted by atomic mass is 9.48. The molecule has 4 aliphatic carbocycles. The van der Waals surface area contributed by atoms with Gasteiger partial charge < -0.3 is 5.73 Å². The van der Waals surface area contributed by atoms with Crippen LogP contribution in [0.5, 0.6) is 0 Å². The summed E-state index contributed by atoms with van der Waals surface area (Å²) in [5, 5.41) is 0. The Bertz CT molecular complexity index is 926. The van der Waals surface area contributed by atoms with Crippen molar-refractivity contribution in [3.05, 3.63) is 35.9 Å². The van der Waals surface area contributed by atoms with E-state index in [9.17, 15) is 14.4 Å². The van der Waals surface area contributed by atoms with E-state index in [4.69, 9.17) is 5.73 Å². The number of hydrogen-bond acceptors (Lipinski definition) is 5. The lowest BCUT2D eigenvalue weighted by molar-refractivity contribution is -0.151. The molecule has 6 heteroatoms. The van der Waals surface area contributed by atoms with Crippen LogP contribution in [0.25, 0.3) is 0 Å². The van der Waals surface area contributed by atoms with Crippen molar-refractivity contribution in [2.45, 2.75) is 96.2 Å². The molecule has 0 spiro atoms. The largest absolute Gasteiger partial charge is 0.320 e. The third-order valence-corrected chi connectivity index (χ3v) is 9.53. The average Bonchev–Trinajstić information content (AvgIpc) is 3.33. The Balaban J connectivity index is 1.30. The molecule has 36 heavy (non-hydrogen) atoms. The summed E-state index contributed by atoms with van der Waals surface area (Å²) in [5.41, 5.74) is 7.02. The highest BCUT2D eigenvalue weighted by molar-refractivity contribution is 6.00. The number of hydrogen-bond donors (Lipinski definition) is 1. The van der Waals surface area contributed by atoms with Gasteiger partial charge in [-0.2, -0.15) is 0 Å². The van der Waals surface area contributed by atoms with Crippen LogP contribution in [0.4, 0.5) is 0 Å². The van der Waals surface area contributed by atoms with Crippen molar-refractivity contribution in [3.63, 3.8) is 0 Å². The van der Waals surface area contributed by atoms with Crippen LogP contribution in [-0.4, -0.2) is 52.6 Å². The molecule has 5 fully saturated rings. The van der Waals surface area contributed by atoms with Gasteiger partial charge in [-0.1, -0.05) is 50.1 Å². The summed E-state index contributed by atoms with van der Waals surface area (Å²) < 4.78 is 0. The van der Waals surface area contributed by atoms with Crippen LogP contribution in [-0.2, 0) is 20.9 Å². The molecule has 1 heterocycles. The summed E-state index contributed by atoms with van der Waals surface area (Å²) in [4.78, 5) is 44.6. The molecule has 4 bridgehead atoms. The van der Waals surface area contributed by atoms with Crippen LogP contribution in [0.15, 0.2) is 30.3 Å². The van der Waals surface area contributed by atoms with Gasteiger partial charge in [0.1, 0.15) is 0 Å². The zero-order valence-corrected chi connectivity index (χ0v) is 21.9. The number of nitrogens with two attached hydrogens (primary N) is 1. The molecule has 2 N–H and O–H groups in total. The summed E-state index contributed by atoms with van der Waals surface area (Å²) in [6.45, 7) is 3.38. The van der Waals surface area contributed by atoms with Crippen LogP contribution in [0.2, 0.25) is 0 Å². The number of Topliss-reactive ketones (excluding diaryl/α,β-unsaturated/α-hetero) is 1. The highest BCUT2D eigenvalue weighted by Crippen LogP contribution is 2.60. The number of benzene rings is 1. The molecule has 0 unspecified atom stereocenters. The maximum atomic E-state index is 13.9. The minimum Gasteiger partial charge on any atom is -0.320 e. The minimum absolute atomic E-state index is 0.160. The van der Waals surface area contributed by atoms with Crippen LogP contribution in [0.3, 0.4) is 0 Å². The molecule has 0 aromatic heterocycles. The summed E-state index contributed by atoms with van der Waals surface area (Å²) >= 11 is 0. The Morgan fingerprint density at radius 1 is 1.06 bits per heavy atom. The summed E-state index contributed by atoms with van der Waals surface area (Å²) in [6, 6.07) is 8.55. The third-order valence-electron chi connectivity index (χ3n) is 9.53. The lowest BCUT2D eigenvalue weighted by Crippen LogP contribution is -2.55. The van der Waals surface area contributed by atoms with Crippen molar-refractivity contribution in [2.24, 2.45) is 28.9 Å². The zero-order valence-electron chi connectivity index (χ0n) is 21.9. The summed E-state index contributed by atoms with van der Waals surface area (Å²) in [7, 11) is 0. The van der Waals surface area contributed by atoms with E-state index >= 15 is 0 Å². The van der Waals surface area contributed by atoms with E-state index in [0.29, 0.717) is 25.2 Å². The number of likely N-dealkylation sites (tertiary alicyclic amines) is 1. The SMILES string of the molecule is CCCC[C@H](N)C(=O)N(Cc1ccccc1)C(=O)[C@@H]1CCCN1CC(=O)C12CC3CC(CC(C3)C1)C2. The van der Waals surface area contributed by atoms with Gasteiger partial charge in [-0.05, 0) is 87.6 Å². The number of imide groups is 1. The van der Waals surface area contributed by atoms with Gasteiger partial charge in [0.25, 0.3) is 0 Å². The molecule has 1 aromatic carbocycles. The first kappa shape index (κ1) is 25.6. The monoisotopic (exact) mass is 493 g/mol. The van der Waals surface area contributed by atoms with E-state index < -0.39 is 12.1 Å². The lowest BCUT2D eigenvalue weighted by Gasteiger charge is -2.56. The second-order valence-electron chi connectivity index (χ2n) is 12.2. The first-order valence-electron chi connectivity index (χ1n) is 14.3. The molecular weight excluding hydrogens is 450 g/mol. The zero-order chi connectivity index (χ0) is 25.3. The number of amides is 2. The van der Waals surface area contributed by atoms with E-state index in [1.807, 2.05) is 30.3 Å². The van der Waals surface area contributed by atoms with Gasteiger partial charge in [-0.25, -0.2) is 0 Å². The molecule has 196 valence electrons. The number of carbonyl (C=O) groups excluding carboxylic acids is 3. The van der Waals surface area contributed by atoms with Crippen molar-refractivity contribution in [2.75, 3.05) is 13.1 Å². The smallest absolute Gasteiger partial charge is 0.246 e. The molecule has 0 radical (unpaired) electrons. The summed E-state index contributed by atoms with van der Waals surface area (Å²) in [5.74, 6) is 2.03. The number of rotatable bonds is 10. The van der Waals surface area contributed by atoms with E-state index in [1.54, 1.807) is 0 Å². The fraction of sp³-hybridized carbons (Fsp3) is 0.700. The molecule has 2 amide bonds. The van der Waals surface area contributed by atoms with E-state index in [-0.39, 0.29) is 23.8 Å². The van der Waals surface area contributed by atoms with Gasteiger partial charge in [0, 0.05) is 5.41 Å². The first-order valence-corrected chi connectivity index (χ1v) is 14.3.